The molecule has 0 aromatic carbocycles. The fourth-order valence-corrected chi connectivity index (χ4v) is 0.724. The molecule has 3 atom stereocenters. The average molecular weight is 181 g/mol. The van der Waals surface area contributed by atoms with Crippen molar-refractivity contribution in [2.24, 2.45) is 5.90 Å². The summed E-state index contributed by atoms with van der Waals surface area (Å²) in [5, 5.41) is 35.4. The van der Waals surface area contributed by atoms with Gasteiger partial charge < -0.3 is 25.3 Å². The van der Waals surface area contributed by atoms with Crippen LogP contribution in [0.1, 0.15) is 6.42 Å². The minimum absolute atomic E-state index is 0.0797. The third-order valence-electron chi connectivity index (χ3n) is 1.51. The quantitative estimate of drug-likeness (QED) is 0.286. The summed E-state index contributed by atoms with van der Waals surface area (Å²) >= 11 is 0. The maximum Gasteiger partial charge on any atom is 0.108 e. The van der Waals surface area contributed by atoms with Crippen LogP contribution >= 0.6 is 0 Å². The Kier molecular flexibility index (Phi) is 6.17. The third kappa shape index (κ3) is 3.96. The summed E-state index contributed by atoms with van der Waals surface area (Å²) in [4.78, 5) is 4.16. The van der Waals surface area contributed by atoms with Crippen molar-refractivity contribution in [2.75, 3.05) is 13.2 Å². The van der Waals surface area contributed by atoms with Gasteiger partial charge in [-0.2, -0.15) is 0 Å². The lowest BCUT2D eigenvalue weighted by Crippen LogP contribution is -2.40. The van der Waals surface area contributed by atoms with Crippen molar-refractivity contribution >= 4 is 0 Å². The maximum atomic E-state index is 9.09. The van der Waals surface area contributed by atoms with Crippen molar-refractivity contribution in [1.29, 1.82) is 0 Å². The molecule has 74 valence electrons. The smallest absolute Gasteiger partial charge is 0.108 e. The van der Waals surface area contributed by atoms with E-state index in [1.807, 2.05) is 0 Å². The summed E-state index contributed by atoms with van der Waals surface area (Å²) in [6.45, 7) is -0.516. The standard InChI is InChI=1S/C6H15NO5/c7-12-2-1-4(9)6(11)5(10)3-8/h4-6,8-11H,1-3,7H2/t4-,5-,6+/m1/s1. The second kappa shape index (κ2) is 6.30. The molecule has 0 aliphatic carbocycles. The Morgan fingerprint density at radius 2 is 1.75 bits per heavy atom. The molecule has 6 nitrogen and oxygen atoms in total. The zero-order chi connectivity index (χ0) is 9.56. The lowest BCUT2D eigenvalue weighted by Gasteiger charge is -2.20. The summed E-state index contributed by atoms with van der Waals surface area (Å²) < 4.78 is 0. The lowest BCUT2D eigenvalue weighted by molar-refractivity contribution is -0.0840. The van der Waals surface area contributed by atoms with Crippen LogP contribution in [-0.2, 0) is 4.84 Å². The number of hydrogen-bond donors (Lipinski definition) is 5. The molecule has 0 spiro atoms. The van der Waals surface area contributed by atoms with Crippen LogP contribution in [0.25, 0.3) is 0 Å². The fourth-order valence-electron chi connectivity index (χ4n) is 0.724. The van der Waals surface area contributed by atoms with Crippen LogP contribution in [0.3, 0.4) is 0 Å². The second-order valence-corrected chi connectivity index (χ2v) is 2.47. The van der Waals surface area contributed by atoms with E-state index in [4.69, 9.17) is 20.4 Å². The number of hydrogen-bond acceptors (Lipinski definition) is 6. The molecule has 0 aromatic heterocycles. The molecule has 0 fully saturated rings. The molecule has 0 unspecified atom stereocenters. The van der Waals surface area contributed by atoms with Crippen molar-refractivity contribution < 1.29 is 25.3 Å². The van der Waals surface area contributed by atoms with Crippen molar-refractivity contribution in [2.45, 2.75) is 24.7 Å². The van der Waals surface area contributed by atoms with Crippen LogP contribution < -0.4 is 5.90 Å². The molecule has 0 aliphatic heterocycles. The zero-order valence-electron chi connectivity index (χ0n) is 6.63. The highest BCUT2D eigenvalue weighted by Gasteiger charge is 2.23. The van der Waals surface area contributed by atoms with Gasteiger partial charge in [-0.25, -0.2) is 5.90 Å². The molecule has 0 heterocycles. The van der Waals surface area contributed by atoms with Crippen LogP contribution in [0, 0.1) is 0 Å². The van der Waals surface area contributed by atoms with Gasteiger partial charge in [0.05, 0.1) is 19.3 Å². The van der Waals surface area contributed by atoms with Crippen molar-refractivity contribution in [3.05, 3.63) is 0 Å². The summed E-state index contributed by atoms with van der Waals surface area (Å²) in [6.07, 6.45) is -3.74. The first-order valence-corrected chi connectivity index (χ1v) is 3.60. The Balaban J connectivity index is 3.67. The molecule has 6 N–H and O–H groups in total. The Morgan fingerprint density at radius 1 is 1.17 bits per heavy atom. The zero-order valence-corrected chi connectivity index (χ0v) is 6.63. The highest BCUT2D eigenvalue weighted by molar-refractivity contribution is 4.74. The molecule has 0 aromatic rings. The minimum Gasteiger partial charge on any atom is -0.394 e. The van der Waals surface area contributed by atoms with Gasteiger partial charge >= 0.3 is 0 Å². The van der Waals surface area contributed by atoms with E-state index >= 15 is 0 Å². The monoisotopic (exact) mass is 181 g/mol. The van der Waals surface area contributed by atoms with Crippen LogP contribution in [-0.4, -0.2) is 52.0 Å². The van der Waals surface area contributed by atoms with E-state index in [1.54, 1.807) is 0 Å². The van der Waals surface area contributed by atoms with E-state index in [0.717, 1.165) is 0 Å². The van der Waals surface area contributed by atoms with E-state index in [9.17, 15) is 0 Å². The topological polar surface area (TPSA) is 116 Å². The minimum atomic E-state index is -1.37. The van der Waals surface area contributed by atoms with Gasteiger partial charge in [-0.05, 0) is 0 Å². The predicted molar refractivity (Wildman–Crippen MR) is 39.9 cm³/mol. The molecule has 0 radical (unpaired) electrons. The lowest BCUT2D eigenvalue weighted by atomic mass is 10.1. The number of aliphatic hydroxyl groups excluding tert-OH is 4. The van der Waals surface area contributed by atoms with Gasteiger partial charge in [0.15, 0.2) is 0 Å². The van der Waals surface area contributed by atoms with E-state index in [2.05, 4.69) is 10.7 Å². The number of rotatable bonds is 6. The molecule has 0 saturated heterocycles. The first-order valence-electron chi connectivity index (χ1n) is 3.60. The average Bonchev–Trinajstić information content (AvgIpc) is 2.11. The third-order valence-corrected chi connectivity index (χ3v) is 1.51. The Morgan fingerprint density at radius 3 is 2.17 bits per heavy atom. The Bertz CT molecular complexity index is 112. The molecule has 0 aliphatic rings. The highest BCUT2D eigenvalue weighted by Crippen LogP contribution is 2.03. The van der Waals surface area contributed by atoms with Crippen LogP contribution in [0.15, 0.2) is 0 Å². The summed E-state index contributed by atoms with van der Waals surface area (Å²) in [6, 6.07) is 0. The number of aliphatic hydroxyl groups is 4. The van der Waals surface area contributed by atoms with E-state index in [-0.39, 0.29) is 13.0 Å². The fraction of sp³-hybridized carbons (Fsp3) is 1.00. The Hall–Kier alpha value is -0.240. The second-order valence-electron chi connectivity index (χ2n) is 2.47. The Labute approximate surface area is 70.1 Å². The predicted octanol–water partition coefficient (Wildman–Crippen LogP) is -2.66. The van der Waals surface area contributed by atoms with Crippen LogP contribution in [0.5, 0.6) is 0 Å². The summed E-state index contributed by atoms with van der Waals surface area (Å²) in [5.41, 5.74) is 0. The first kappa shape index (κ1) is 11.8. The number of nitrogens with two attached hydrogens (primary N) is 1. The molecular formula is C6H15NO5. The molecule has 12 heavy (non-hydrogen) atoms. The van der Waals surface area contributed by atoms with Crippen molar-refractivity contribution in [1.82, 2.24) is 0 Å². The largest absolute Gasteiger partial charge is 0.394 e. The van der Waals surface area contributed by atoms with Crippen LogP contribution in [0.4, 0.5) is 0 Å². The van der Waals surface area contributed by atoms with Crippen LogP contribution in [0.2, 0.25) is 0 Å². The summed E-state index contributed by atoms with van der Waals surface area (Å²) in [7, 11) is 0. The molecule has 0 rings (SSSR count). The van der Waals surface area contributed by atoms with Crippen molar-refractivity contribution in [3.8, 4) is 0 Å². The maximum absolute atomic E-state index is 9.09. The first-order chi connectivity index (χ1) is 5.63. The van der Waals surface area contributed by atoms with Gasteiger partial charge in [0.1, 0.15) is 12.2 Å². The molecular weight excluding hydrogens is 166 g/mol. The van der Waals surface area contributed by atoms with Gasteiger partial charge in [0, 0.05) is 6.42 Å². The van der Waals surface area contributed by atoms with Gasteiger partial charge in [0.25, 0.3) is 0 Å². The SMILES string of the molecule is NOCC[C@@H](O)[C@H](O)[C@H](O)CO. The van der Waals surface area contributed by atoms with Gasteiger partial charge in [-0.3, -0.25) is 0 Å². The van der Waals surface area contributed by atoms with Gasteiger partial charge in [-0.1, -0.05) is 0 Å². The van der Waals surface area contributed by atoms with Gasteiger partial charge in [0.2, 0.25) is 0 Å². The van der Waals surface area contributed by atoms with E-state index in [1.165, 1.54) is 0 Å². The molecule has 0 bridgehead atoms. The van der Waals surface area contributed by atoms with Crippen molar-refractivity contribution in [3.63, 3.8) is 0 Å². The van der Waals surface area contributed by atoms with E-state index in [0.29, 0.717) is 0 Å². The highest BCUT2D eigenvalue weighted by atomic mass is 16.6. The summed E-state index contributed by atoms with van der Waals surface area (Å²) in [5.74, 6) is 4.68. The molecule has 0 saturated carbocycles. The van der Waals surface area contributed by atoms with E-state index < -0.39 is 24.9 Å². The normalized spacial score (nSPS) is 18.8. The molecule has 0 amide bonds. The molecule has 6 heteroatoms. The van der Waals surface area contributed by atoms with Gasteiger partial charge in [-0.15, -0.1) is 0 Å².